The van der Waals surface area contributed by atoms with Gasteiger partial charge in [0.05, 0.1) is 0 Å². The third kappa shape index (κ3) is 4.08. The van der Waals surface area contributed by atoms with Gasteiger partial charge in [0.25, 0.3) is 0 Å². The molecule has 1 rings (SSSR count). The molecule has 0 aromatic rings. The molecule has 0 radical (unpaired) electrons. The van der Waals surface area contributed by atoms with Crippen LogP contribution in [0, 0.1) is 0 Å². The fraction of sp³-hybridized carbons (Fsp3) is 0.909. The Labute approximate surface area is 92.4 Å². The van der Waals surface area contributed by atoms with Crippen molar-refractivity contribution in [3.63, 3.8) is 0 Å². The monoisotopic (exact) mass is 213 g/mol. The van der Waals surface area contributed by atoms with E-state index in [1.54, 1.807) is 0 Å². The minimum atomic E-state index is 0.0769. The molecule has 1 saturated heterocycles. The Morgan fingerprint density at radius 3 is 2.87 bits per heavy atom. The SMILES string of the molecule is CCCN(CC1CCCN1)C(=O)NCC. The molecular formula is C11H23N3O. The summed E-state index contributed by atoms with van der Waals surface area (Å²) in [6.07, 6.45) is 3.45. The van der Waals surface area contributed by atoms with Crippen molar-refractivity contribution in [3.8, 4) is 0 Å². The van der Waals surface area contributed by atoms with Crippen molar-refractivity contribution in [2.75, 3.05) is 26.2 Å². The lowest BCUT2D eigenvalue weighted by Gasteiger charge is -2.25. The first kappa shape index (κ1) is 12.3. The van der Waals surface area contributed by atoms with Crippen LogP contribution in [0.1, 0.15) is 33.1 Å². The van der Waals surface area contributed by atoms with Crippen LogP contribution in [0.4, 0.5) is 4.79 Å². The van der Waals surface area contributed by atoms with E-state index in [1.807, 2.05) is 11.8 Å². The van der Waals surface area contributed by atoms with Crippen LogP contribution in [0.25, 0.3) is 0 Å². The predicted octanol–water partition coefficient (Wildman–Crippen LogP) is 1.18. The molecule has 0 spiro atoms. The third-order valence-electron chi connectivity index (χ3n) is 2.71. The largest absolute Gasteiger partial charge is 0.338 e. The molecule has 1 atom stereocenters. The Kier molecular flexibility index (Phi) is 5.47. The predicted molar refractivity (Wildman–Crippen MR) is 62.0 cm³/mol. The van der Waals surface area contributed by atoms with Gasteiger partial charge in [-0.1, -0.05) is 6.92 Å². The molecule has 1 fully saturated rings. The van der Waals surface area contributed by atoms with E-state index in [0.29, 0.717) is 12.6 Å². The van der Waals surface area contributed by atoms with Gasteiger partial charge in [-0.05, 0) is 32.7 Å². The van der Waals surface area contributed by atoms with Gasteiger partial charge >= 0.3 is 6.03 Å². The molecule has 15 heavy (non-hydrogen) atoms. The number of carbonyl (C=O) groups excluding carboxylic acids is 1. The van der Waals surface area contributed by atoms with E-state index in [2.05, 4.69) is 17.6 Å². The first-order valence-electron chi connectivity index (χ1n) is 6.04. The van der Waals surface area contributed by atoms with Crippen molar-refractivity contribution in [2.45, 2.75) is 39.2 Å². The molecule has 0 bridgehead atoms. The molecule has 88 valence electrons. The van der Waals surface area contributed by atoms with Gasteiger partial charge in [0.2, 0.25) is 0 Å². The molecule has 0 saturated carbocycles. The zero-order valence-corrected chi connectivity index (χ0v) is 9.88. The minimum Gasteiger partial charge on any atom is -0.338 e. The first-order chi connectivity index (χ1) is 7.27. The van der Waals surface area contributed by atoms with E-state index in [1.165, 1.54) is 12.8 Å². The van der Waals surface area contributed by atoms with Crippen molar-refractivity contribution < 1.29 is 4.79 Å². The highest BCUT2D eigenvalue weighted by atomic mass is 16.2. The quantitative estimate of drug-likeness (QED) is 0.720. The number of urea groups is 1. The third-order valence-corrected chi connectivity index (χ3v) is 2.71. The zero-order chi connectivity index (χ0) is 11.1. The van der Waals surface area contributed by atoms with Crippen LogP contribution in [0.5, 0.6) is 0 Å². The van der Waals surface area contributed by atoms with Crippen LogP contribution >= 0.6 is 0 Å². The van der Waals surface area contributed by atoms with Gasteiger partial charge in [0, 0.05) is 25.7 Å². The van der Waals surface area contributed by atoms with Crippen molar-refractivity contribution >= 4 is 6.03 Å². The van der Waals surface area contributed by atoms with Gasteiger partial charge in [-0.15, -0.1) is 0 Å². The van der Waals surface area contributed by atoms with Crippen LogP contribution < -0.4 is 10.6 Å². The Hall–Kier alpha value is -0.770. The standard InChI is InChI=1S/C11H23N3O/c1-3-8-14(11(15)12-4-2)9-10-6-5-7-13-10/h10,13H,3-9H2,1-2H3,(H,12,15). The van der Waals surface area contributed by atoms with Crippen LogP contribution in [-0.2, 0) is 0 Å². The number of hydrogen-bond donors (Lipinski definition) is 2. The van der Waals surface area contributed by atoms with Gasteiger partial charge in [-0.3, -0.25) is 0 Å². The van der Waals surface area contributed by atoms with E-state index < -0.39 is 0 Å². The number of hydrogen-bond acceptors (Lipinski definition) is 2. The average Bonchev–Trinajstić information content (AvgIpc) is 2.70. The molecule has 1 unspecified atom stereocenters. The summed E-state index contributed by atoms with van der Waals surface area (Å²) in [6.45, 7) is 7.56. The molecular weight excluding hydrogens is 190 g/mol. The van der Waals surface area contributed by atoms with Gasteiger partial charge in [0.15, 0.2) is 0 Å². The van der Waals surface area contributed by atoms with Crippen LogP contribution in [0.15, 0.2) is 0 Å². The van der Waals surface area contributed by atoms with Crippen molar-refractivity contribution in [1.82, 2.24) is 15.5 Å². The Morgan fingerprint density at radius 1 is 1.53 bits per heavy atom. The van der Waals surface area contributed by atoms with Crippen LogP contribution in [0.3, 0.4) is 0 Å². The Bertz CT molecular complexity index is 190. The molecule has 0 aromatic heterocycles. The normalized spacial score (nSPS) is 20.3. The number of amides is 2. The first-order valence-corrected chi connectivity index (χ1v) is 6.04. The summed E-state index contributed by atoms with van der Waals surface area (Å²) in [7, 11) is 0. The molecule has 2 amide bonds. The van der Waals surface area contributed by atoms with Gasteiger partial charge in [-0.25, -0.2) is 4.79 Å². The summed E-state index contributed by atoms with van der Waals surface area (Å²) in [5.41, 5.74) is 0. The number of rotatable bonds is 5. The van der Waals surface area contributed by atoms with Crippen molar-refractivity contribution in [3.05, 3.63) is 0 Å². The van der Waals surface area contributed by atoms with Crippen molar-refractivity contribution in [2.24, 2.45) is 0 Å². The van der Waals surface area contributed by atoms with E-state index >= 15 is 0 Å². The van der Waals surface area contributed by atoms with E-state index in [-0.39, 0.29) is 6.03 Å². The summed E-state index contributed by atoms with van der Waals surface area (Å²) in [5.74, 6) is 0. The smallest absolute Gasteiger partial charge is 0.317 e. The maximum absolute atomic E-state index is 11.7. The molecule has 4 heteroatoms. The minimum absolute atomic E-state index is 0.0769. The molecule has 1 aliphatic heterocycles. The summed E-state index contributed by atoms with van der Waals surface area (Å²) in [4.78, 5) is 13.6. The Morgan fingerprint density at radius 2 is 2.33 bits per heavy atom. The van der Waals surface area contributed by atoms with Gasteiger partial charge in [-0.2, -0.15) is 0 Å². The summed E-state index contributed by atoms with van der Waals surface area (Å²) >= 11 is 0. The number of nitrogens with one attached hydrogen (secondary N) is 2. The lowest BCUT2D eigenvalue weighted by molar-refractivity contribution is 0.193. The average molecular weight is 213 g/mol. The van der Waals surface area contributed by atoms with Gasteiger partial charge in [0.1, 0.15) is 0 Å². The maximum atomic E-state index is 11.7. The molecule has 1 aliphatic rings. The fourth-order valence-corrected chi connectivity index (χ4v) is 1.99. The molecule has 0 aromatic carbocycles. The van der Waals surface area contributed by atoms with E-state index in [0.717, 1.165) is 26.1 Å². The molecule has 2 N–H and O–H groups in total. The lowest BCUT2D eigenvalue weighted by Crippen LogP contribution is -2.46. The second kappa shape index (κ2) is 6.67. The fourth-order valence-electron chi connectivity index (χ4n) is 1.99. The zero-order valence-electron chi connectivity index (χ0n) is 9.88. The van der Waals surface area contributed by atoms with E-state index in [4.69, 9.17) is 0 Å². The second-order valence-corrected chi connectivity index (χ2v) is 4.07. The summed E-state index contributed by atoms with van der Waals surface area (Å²) < 4.78 is 0. The van der Waals surface area contributed by atoms with Gasteiger partial charge < -0.3 is 15.5 Å². The summed E-state index contributed by atoms with van der Waals surface area (Å²) in [6, 6.07) is 0.576. The topological polar surface area (TPSA) is 44.4 Å². The molecule has 4 nitrogen and oxygen atoms in total. The van der Waals surface area contributed by atoms with E-state index in [9.17, 15) is 4.79 Å². The molecule has 1 heterocycles. The van der Waals surface area contributed by atoms with Crippen LogP contribution in [-0.4, -0.2) is 43.2 Å². The lowest BCUT2D eigenvalue weighted by atomic mass is 10.2. The van der Waals surface area contributed by atoms with Crippen LogP contribution in [0.2, 0.25) is 0 Å². The summed E-state index contributed by atoms with van der Waals surface area (Å²) in [5, 5.41) is 6.28. The maximum Gasteiger partial charge on any atom is 0.317 e. The molecule has 0 aliphatic carbocycles. The highest BCUT2D eigenvalue weighted by Crippen LogP contribution is 2.07. The highest BCUT2D eigenvalue weighted by molar-refractivity contribution is 5.74. The second-order valence-electron chi connectivity index (χ2n) is 4.07. The van der Waals surface area contributed by atoms with Crippen molar-refractivity contribution in [1.29, 1.82) is 0 Å². The number of carbonyl (C=O) groups is 1. The Balaban J connectivity index is 2.37. The highest BCUT2D eigenvalue weighted by Gasteiger charge is 2.20. The number of nitrogens with zero attached hydrogens (tertiary/aromatic N) is 1.